The lowest BCUT2D eigenvalue weighted by Gasteiger charge is -2.05. The second kappa shape index (κ2) is 6.29. The molecule has 0 aliphatic rings. The first-order chi connectivity index (χ1) is 9.66. The van der Waals surface area contributed by atoms with Crippen molar-refractivity contribution in [3.8, 4) is 0 Å². The molecule has 0 bridgehead atoms. The standard InChI is InChI=1S/C15H12N2O3/c18-14(17-12-6-8-16-9-7-12)13(15(19)20)10-11-4-2-1-3-5-11/h1-10H,(H,19,20)(H,16,17,18). The van der Waals surface area contributed by atoms with Crippen LogP contribution in [0.5, 0.6) is 0 Å². The summed E-state index contributed by atoms with van der Waals surface area (Å²) in [7, 11) is 0. The molecule has 5 nitrogen and oxygen atoms in total. The number of hydrogen-bond acceptors (Lipinski definition) is 3. The fourth-order valence-corrected chi connectivity index (χ4v) is 1.57. The largest absolute Gasteiger partial charge is 0.477 e. The molecule has 0 unspecified atom stereocenters. The van der Waals surface area contributed by atoms with Crippen molar-refractivity contribution in [1.29, 1.82) is 0 Å². The number of amides is 1. The fraction of sp³-hybridized carbons (Fsp3) is 0. The van der Waals surface area contributed by atoms with Crippen molar-refractivity contribution >= 4 is 23.6 Å². The molecule has 1 heterocycles. The van der Waals surface area contributed by atoms with Crippen LogP contribution in [0.25, 0.3) is 6.08 Å². The van der Waals surface area contributed by atoms with Gasteiger partial charge in [-0.25, -0.2) is 4.79 Å². The molecule has 0 fully saturated rings. The summed E-state index contributed by atoms with van der Waals surface area (Å²) < 4.78 is 0. The van der Waals surface area contributed by atoms with Crippen LogP contribution in [0.1, 0.15) is 5.56 Å². The van der Waals surface area contributed by atoms with Gasteiger partial charge in [0.1, 0.15) is 5.57 Å². The Labute approximate surface area is 115 Å². The van der Waals surface area contributed by atoms with Crippen molar-refractivity contribution < 1.29 is 14.7 Å². The topological polar surface area (TPSA) is 79.3 Å². The van der Waals surface area contributed by atoms with Gasteiger partial charge in [0.2, 0.25) is 0 Å². The molecule has 1 amide bonds. The Balaban J connectivity index is 2.23. The number of carbonyl (C=O) groups is 2. The van der Waals surface area contributed by atoms with Crippen molar-refractivity contribution in [2.45, 2.75) is 0 Å². The number of nitrogens with one attached hydrogen (secondary N) is 1. The van der Waals surface area contributed by atoms with Crippen molar-refractivity contribution in [2.24, 2.45) is 0 Å². The van der Waals surface area contributed by atoms with E-state index in [-0.39, 0.29) is 5.57 Å². The van der Waals surface area contributed by atoms with Crippen LogP contribution in [0, 0.1) is 0 Å². The van der Waals surface area contributed by atoms with E-state index in [1.807, 2.05) is 6.07 Å². The second-order valence-corrected chi connectivity index (χ2v) is 3.96. The highest BCUT2D eigenvalue weighted by Gasteiger charge is 2.17. The number of benzene rings is 1. The molecule has 1 aromatic carbocycles. The summed E-state index contributed by atoms with van der Waals surface area (Å²) in [6.45, 7) is 0. The molecule has 2 rings (SSSR count). The molecule has 2 N–H and O–H groups in total. The molecular formula is C15H12N2O3. The Bertz CT molecular complexity index is 637. The highest BCUT2D eigenvalue weighted by molar-refractivity contribution is 6.23. The third-order valence-corrected chi connectivity index (χ3v) is 2.52. The maximum Gasteiger partial charge on any atom is 0.341 e. The van der Waals surface area contributed by atoms with Gasteiger partial charge in [0.25, 0.3) is 5.91 Å². The van der Waals surface area contributed by atoms with Crippen LogP contribution >= 0.6 is 0 Å². The molecule has 0 aliphatic heterocycles. The molecule has 0 saturated heterocycles. The monoisotopic (exact) mass is 268 g/mol. The number of carbonyl (C=O) groups excluding carboxylic acids is 1. The summed E-state index contributed by atoms with van der Waals surface area (Å²) in [4.78, 5) is 27.0. The van der Waals surface area contributed by atoms with Crippen molar-refractivity contribution in [1.82, 2.24) is 4.98 Å². The lowest BCUT2D eigenvalue weighted by molar-refractivity contribution is -0.134. The van der Waals surface area contributed by atoms with Gasteiger partial charge in [-0.1, -0.05) is 30.3 Å². The molecule has 0 aliphatic carbocycles. The van der Waals surface area contributed by atoms with E-state index in [1.165, 1.54) is 18.5 Å². The van der Waals surface area contributed by atoms with E-state index >= 15 is 0 Å². The highest BCUT2D eigenvalue weighted by atomic mass is 16.4. The number of carboxylic acids is 1. The van der Waals surface area contributed by atoms with E-state index in [0.29, 0.717) is 11.3 Å². The van der Waals surface area contributed by atoms with Gasteiger partial charge in [0, 0.05) is 18.1 Å². The van der Waals surface area contributed by atoms with E-state index < -0.39 is 11.9 Å². The third kappa shape index (κ3) is 3.52. The Hall–Kier alpha value is -2.95. The van der Waals surface area contributed by atoms with Crippen LogP contribution in [0.4, 0.5) is 5.69 Å². The smallest absolute Gasteiger partial charge is 0.341 e. The summed E-state index contributed by atoms with van der Waals surface area (Å²) in [5, 5.41) is 11.7. The average molecular weight is 268 g/mol. The van der Waals surface area contributed by atoms with Crippen molar-refractivity contribution in [3.63, 3.8) is 0 Å². The number of aromatic nitrogens is 1. The SMILES string of the molecule is O=C(O)C(=Cc1ccccc1)C(=O)Nc1ccncc1. The maximum absolute atomic E-state index is 12.0. The zero-order valence-corrected chi connectivity index (χ0v) is 10.5. The van der Waals surface area contributed by atoms with Crippen LogP contribution < -0.4 is 5.32 Å². The quantitative estimate of drug-likeness (QED) is 0.506. The minimum Gasteiger partial charge on any atom is -0.477 e. The van der Waals surface area contributed by atoms with E-state index in [9.17, 15) is 9.59 Å². The Morgan fingerprint density at radius 2 is 1.70 bits per heavy atom. The van der Waals surface area contributed by atoms with E-state index in [2.05, 4.69) is 10.3 Å². The molecule has 100 valence electrons. The second-order valence-electron chi connectivity index (χ2n) is 3.96. The van der Waals surface area contributed by atoms with Gasteiger partial charge in [0.05, 0.1) is 0 Å². The summed E-state index contributed by atoms with van der Waals surface area (Å²) in [5.74, 6) is -1.95. The normalized spacial score (nSPS) is 10.9. The van der Waals surface area contributed by atoms with E-state index in [4.69, 9.17) is 5.11 Å². The number of rotatable bonds is 4. The van der Waals surface area contributed by atoms with Crippen LogP contribution in [-0.2, 0) is 9.59 Å². The molecule has 0 saturated carbocycles. The number of hydrogen-bond donors (Lipinski definition) is 2. The molecule has 0 radical (unpaired) electrons. The first-order valence-electron chi connectivity index (χ1n) is 5.88. The van der Waals surface area contributed by atoms with Crippen LogP contribution in [0.2, 0.25) is 0 Å². The number of nitrogens with zero attached hydrogens (tertiary/aromatic N) is 1. The van der Waals surface area contributed by atoms with Crippen LogP contribution in [0.15, 0.2) is 60.4 Å². The van der Waals surface area contributed by atoms with Gasteiger partial charge in [-0.15, -0.1) is 0 Å². The van der Waals surface area contributed by atoms with Gasteiger partial charge in [0.15, 0.2) is 0 Å². The average Bonchev–Trinajstić information content (AvgIpc) is 2.46. The minimum absolute atomic E-state index is 0.326. The van der Waals surface area contributed by atoms with Gasteiger partial charge in [-0.2, -0.15) is 0 Å². The lowest BCUT2D eigenvalue weighted by atomic mass is 10.1. The zero-order valence-electron chi connectivity index (χ0n) is 10.5. The highest BCUT2D eigenvalue weighted by Crippen LogP contribution is 2.11. The van der Waals surface area contributed by atoms with Gasteiger partial charge < -0.3 is 10.4 Å². The number of aliphatic carboxylic acids is 1. The molecule has 20 heavy (non-hydrogen) atoms. The summed E-state index contributed by atoms with van der Waals surface area (Å²) in [5.41, 5.74) is 0.813. The Kier molecular flexibility index (Phi) is 4.24. The predicted octanol–water partition coefficient (Wildman–Crippen LogP) is 2.19. The Morgan fingerprint density at radius 1 is 1.05 bits per heavy atom. The molecule has 1 aromatic heterocycles. The lowest BCUT2D eigenvalue weighted by Crippen LogP contribution is -2.20. The number of pyridine rings is 1. The van der Waals surface area contributed by atoms with Crippen LogP contribution in [0.3, 0.4) is 0 Å². The first kappa shape index (κ1) is 13.5. The van der Waals surface area contributed by atoms with Gasteiger partial charge in [-0.05, 0) is 23.8 Å². The van der Waals surface area contributed by atoms with Gasteiger partial charge >= 0.3 is 5.97 Å². The van der Waals surface area contributed by atoms with E-state index in [1.54, 1.807) is 36.4 Å². The maximum atomic E-state index is 12.0. The van der Waals surface area contributed by atoms with E-state index in [0.717, 1.165) is 0 Å². The molecular weight excluding hydrogens is 256 g/mol. The molecule has 0 spiro atoms. The molecule has 5 heteroatoms. The predicted molar refractivity (Wildman–Crippen MR) is 74.9 cm³/mol. The fourth-order valence-electron chi connectivity index (χ4n) is 1.57. The van der Waals surface area contributed by atoms with Crippen LogP contribution in [-0.4, -0.2) is 22.0 Å². The van der Waals surface area contributed by atoms with Gasteiger partial charge in [-0.3, -0.25) is 9.78 Å². The summed E-state index contributed by atoms with van der Waals surface area (Å²) in [6, 6.07) is 12.0. The summed E-state index contributed by atoms with van der Waals surface area (Å²) in [6.07, 6.45) is 4.35. The van der Waals surface area contributed by atoms with Crippen molar-refractivity contribution in [2.75, 3.05) is 5.32 Å². The summed E-state index contributed by atoms with van der Waals surface area (Å²) >= 11 is 0. The molecule has 0 atom stereocenters. The Morgan fingerprint density at radius 3 is 2.30 bits per heavy atom. The first-order valence-corrected chi connectivity index (χ1v) is 5.88. The number of carboxylic acid groups (broad SMARTS) is 1. The van der Waals surface area contributed by atoms with Crippen molar-refractivity contribution in [3.05, 3.63) is 66.0 Å². The third-order valence-electron chi connectivity index (χ3n) is 2.52. The zero-order chi connectivity index (χ0) is 14.4. The molecule has 2 aromatic rings. The number of anilines is 1. The minimum atomic E-state index is -1.28.